The number of nitrogens with zero attached hydrogens (tertiary/aromatic N) is 5. The molecular weight excluding hydrogens is 444 g/mol. The molecule has 0 amide bonds. The molecule has 3 aromatic heterocycles. The minimum absolute atomic E-state index is 0.0205. The van der Waals surface area contributed by atoms with Gasteiger partial charge in [0.1, 0.15) is 0 Å². The van der Waals surface area contributed by atoms with E-state index in [1.54, 1.807) is 11.3 Å². The fourth-order valence-corrected chi connectivity index (χ4v) is 5.91. The zero-order valence-electron chi connectivity index (χ0n) is 19.9. The number of fused-ring (bicyclic) bond motifs is 1. The molecule has 1 aliphatic carbocycles. The Kier molecular flexibility index (Phi) is 6.87. The number of thiophene rings is 1. The number of hydrogen-bond acceptors (Lipinski definition) is 6. The van der Waals surface area contributed by atoms with E-state index in [4.69, 9.17) is 0 Å². The molecule has 1 N–H and O–H groups in total. The summed E-state index contributed by atoms with van der Waals surface area (Å²) in [5, 5.41) is 16.2. The number of hydrogen-bond donors (Lipinski definition) is 1. The summed E-state index contributed by atoms with van der Waals surface area (Å²) in [5.41, 5.74) is 2.75. The molecular formula is C26H32N6OS. The van der Waals surface area contributed by atoms with Crippen molar-refractivity contribution in [2.75, 3.05) is 0 Å². The normalized spacial score (nSPS) is 15.9. The smallest absolute Gasteiger partial charge is 0.252 e. The number of aromatic amines is 1. The first-order chi connectivity index (χ1) is 16.6. The molecule has 8 heteroatoms. The number of tetrazole rings is 1. The van der Waals surface area contributed by atoms with Crippen LogP contribution >= 0.6 is 11.3 Å². The van der Waals surface area contributed by atoms with E-state index in [-0.39, 0.29) is 11.6 Å². The third-order valence-corrected chi connectivity index (χ3v) is 7.82. The van der Waals surface area contributed by atoms with E-state index in [0.717, 1.165) is 53.7 Å². The lowest BCUT2D eigenvalue weighted by molar-refractivity contribution is 0.157. The quantitative estimate of drug-likeness (QED) is 0.361. The Morgan fingerprint density at radius 3 is 2.79 bits per heavy atom. The van der Waals surface area contributed by atoms with Crippen molar-refractivity contribution in [3.8, 4) is 0 Å². The Balaban J connectivity index is 1.50. The zero-order valence-corrected chi connectivity index (χ0v) is 20.7. The van der Waals surface area contributed by atoms with Crippen molar-refractivity contribution < 1.29 is 0 Å². The number of rotatable bonds is 8. The second-order valence-corrected chi connectivity index (χ2v) is 10.4. The highest BCUT2D eigenvalue weighted by Crippen LogP contribution is 2.33. The van der Waals surface area contributed by atoms with Gasteiger partial charge in [0, 0.05) is 29.0 Å². The standard InChI is InChI=1S/C26H32N6OS/c1-3-24(25-28-29-30-32(25)21-8-5-4-6-9-21)31(17-22-10-7-13-34-22)16-20-15-19-12-11-18(2)14-23(19)27-26(20)33/h7,10-15,21,24H,3-6,8-9,16-17H2,1-2H3,(H,27,33). The molecule has 0 spiro atoms. The molecule has 1 aliphatic rings. The van der Waals surface area contributed by atoms with Gasteiger partial charge in [0.15, 0.2) is 5.82 Å². The molecule has 0 bridgehead atoms. The average Bonchev–Trinajstić information content (AvgIpc) is 3.53. The van der Waals surface area contributed by atoms with Crippen molar-refractivity contribution in [2.45, 2.75) is 77.5 Å². The third kappa shape index (κ3) is 4.83. The van der Waals surface area contributed by atoms with Gasteiger partial charge in [0.25, 0.3) is 5.56 Å². The molecule has 0 radical (unpaired) electrons. The topological polar surface area (TPSA) is 79.7 Å². The predicted molar refractivity (Wildman–Crippen MR) is 136 cm³/mol. The van der Waals surface area contributed by atoms with Crippen LogP contribution in [0.2, 0.25) is 0 Å². The molecule has 7 nitrogen and oxygen atoms in total. The van der Waals surface area contributed by atoms with Gasteiger partial charge in [-0.1, -0.05) is 44.4 Å². The average molecular weight is 477 g/mol. The number of H-pyrrole nitrogens is 1. The second kappa shape index (κ2) is 10.2. The summed E-state index contributed by atoms with van der Waals surface area (Å²) in [5.74, 6) is 0.916. The maximum atomic E-state index is 13.1. The number of aryl methyl sites for hydroxylation is 1. The summed E-state index contributed by atoms with van der Waals surface area (Å²) in [6, 6.07) is 12.8. The highest BCUT2D eigenvalue weighted by molar-refractivity contribution is 7.09. The molecule has 1 fully saturated rings. The molecule has 3 heterocycles. The van der Waals surface area contributed by atoms with Gasteiger partial charge < -0.3 is 4.98 Å². The number of pyridine rings is 1. The van der Waals surface area contributed by atoms with Crippen molar-refractivity contribution in [3.63, 3.8) is 0 Å². The molecule has 1 unspecified atom stereocenters. The first-order valence-electron chi connectivity index (χ1n) is 12.3. The molecule has 34 heavy (non-hydrogen) atoms. The second-order valence-electron chi connectivity index (χ2n) is 9.40. The monoisotopic (exact) mass is 476 g/mol. The van der Waals surface area contributed by atoms with Gasteiger partial charge in [-0.25, -0.2) is 4.68 Å². The molecule has 5 rings (SSSR count). The molecule has 178 valence electrons. The maximum absolute atomic E-state index is 13.1. The van der Waals surface area contributed by atoms with E-state index in [2.05, 4.69) is 66.7 Å². The Morgan fingerprint density at radius 2 is 2.03 bits per heavy atom. The van der Waals surface area contributed by atoms with Gasteiger partial charge in [-0.3, -0.25) is 9.69 Å². The van der Waals surface area contributed by atoms with Crippen LogP contribution in [-0.2, 0) is 13.1 Å². The van der Waals surface area contributed by atoms with Gasteiger partial charge >= 0.3 is 0 Å². The maximum Gasteiger partial charge on any atom is 0.252 e. The van der Waals surface area contributed by atoms with Crippen LogP contribution in [0.3, 0.4) is 0 Å². The number of nitrogens with one attached hydrogen (secondary N) is 1. The number of benzene rings is 1. The van der Waals surface area contributed by atoms with Crippen LogP contribution in [0.25, 0.3) is 10.9 Å². The van der Waals surface area contributed by atoms with Crippen molar-refractivity contribution in [1.29, 1.82) is 0 Å². The lowest BCUT2D eigenvalue weighted by Gasteiger charge is -2.31. The summed E-state index contributed by atoms with van der Waals surface area (Å²) in [6.45, 7) is 5.50. The van der Waals surface area contributed by atoms with Crippen LogP contribution in [0.4, 0.5) is 0 Å². The van der Waals surface area contributed by atoms with Crippen LogP contribution < -0.4 is 5.56 Å². The molecule has 1 atom stereocenters. The van der Waals surface area contributed by atoms with Crippen LogP contribution in [0.1, 0.15) is 79.4 Å². The van der Waals surface area contributed by atoms with Crippen molar-refractivity contribution in [2.24, 2.45) is 0 Å². The minimum Gasteiger partial charge on any atom is -0.322 e. The van der Waals surface area contributed by atoms with E-state index in [9.17, 15) is 4.79 Å². The lowest BCUT2D eigenvalue weighted by Crippen LogP contribution is -2.33. The molecule has 1 saturated carbocycles. The van der Waals surface area contributed by atoms with Crippen molar-refractivity contribution in [1.82, 2.24) is 30.1 Å². The van der Waals surface area contributed by atoms with E-state index >= 15 is 0 Å². The summed E-state index contributed by atoms with van der Waals surface area (Å²) in [6.07, 6.45) is 6.87. The van der Waals surface area contributed by atoms with Crippen molar-refractivity contribution in [3.05, 3.63) is 74.0 Å². The fraction of sp³-hybridized carbons (Fsp3) is 0.462. The largest absolute Gasteiger partial charge is 0.322 e. The highest BCUT2D eigenvalue weighted by atomic mass is 32.1. The van der Waals surface area contributed by atoms with Crippen LogP contribution in [0.15, 0.2) is 46.6 Å². The minimum atomic E-state index is -0.0315. The van der Waals surface area contributed by atoms with Gasteiger partial charge in [-0.15, -0.1) is 16.4 Å². The molecule has 0 saturated heterocycles. The van der Waals surface area contributed by atoms with Gasteiger partial charge in [0.2, 0.25) is 0 Å². The summed E-state index contributed by atoms with van der Waals surface area (Å²) in [4.78, 5) is 19.8. The summed E-state index contributed by atoms with van der Waals surface area (Å²) < 4.78 is 2.07. The lowest BCUT2D eigenvalue weighted by atomic mass is 9.95. The van der Waals surface area contributed by atoms with Crippen LogP contribution in [0, 0.1) is 6.92 Å². The van der Waals surface area contributed by atoms with Gasteiger partial charge in [-0.2, -0.15) is 0 Å². The van der Waals surface area contributed by atoms with E-state index < -0.39 is 0 Å². The Hall–Kier alpha value is -2.84. The first kappa shape index (κ1) is 22.9. The van der Waals surface area contributed by atoms with E-state index in [0.29, 0.717) is 12.6 Å². The number of aromatic nitrogens is 5. The first-order valence-corrected chi connectivity index (χ1v) is 13.2. The SMILES string of the molecule is CCC(c1nnnn1C1CCCCC1)N(Cc1cccs1)Cc1cc2ccc(C)cc2[nH]c1=O. The van der Waals surface area contributed by atoms with Crippen LogP contribution in [-0.4, -0.2) is 30.1 Å². The summed E-state index contributed by atoms with van der Waals surface area (Å²) >= 11 is 1.74. The highest BCUT2D eigenvalue weighted by Gasteiger charge is 2.29. The Labute approximate surface area is 203 Å². The van der Waals surface area contributed by atoms with E-state index in [1.165, 1.54) is 24.1 Å². The predicted octanol–water partition coefficient (Wildman–Crippen LogP) is 5.54. The van der Waals surface area contributed by atoms with Crippen molar-refractivity contribution >= 4 is 22.2 Å². The van der Waals surface area contributed by atoms with Crippen LogP contribution in [0.5, 0.6) is 0 Å². The molecule has 1 aromatic carbocycles. The zero-order chi connectivity index (χ0) is 23.5. The fourth-order valence-electron chi connectivity index (χ4n) is 5.18. The Bertz CT molecular complexity index is 1290. The summed E-state index contributed by atoms with van der Waals surface area (Å²) in [7, 11) is 0. The van der Waals surface area contributed by atoms with Gasteiger partial charge in [-0.05, 0) is 71.1 Å². The van der Waals surface area contributed by atoms with E-state index in [1.807, 2.05) is 19.1 Å². The van der Waals surface area contributed by atoms with Gasteiger partial charge in [0.05, 0.1) is 12.1 Å². The Morgan fingerprint density at radius 1 is 1.18 bits per heavy atom. The molecule has 0 aliphatic heterocycles. The third-order valence-electron chi connectivity index (χ3n) is 6.96. The molecule has 4 aromatic rings.